The van der Waals surface area contributed by atoms with Crippen LogP contribution in [0, 0.1) is 0 Å². The molecule has 0 radical (unpaired) electrons. The molecule has 1 aromatic rings. The molecule has 1 atom stereocenters. The number of carbonyl (C=O) groups is 1. The minimum atomic E-state index is -0.418. The normalized spacial score (nSPS) is 21.9. The van der Waals surface area contributed by atoms with Crippen molar-refractivity contribution in [2.45, 2.75) is 51.2 Å². The molecule has 23 heavy (non-hydrogen) atoms. The van der Waals surface area contributed by atoms with Crippen LogP contribution in [0.15, 0.2) is 30.3 Å². The van der Waals surface area contributed by atoms with Crippen LogP contribution in [0.5, 0.6) is 5.75 Å². The molecule has 2 fully saturated rings. The summed E-state index contributed by atoms with van der Waals surface area (Å²) in [6.07, 6.45) is 6.38. The Morgan fingerprint density at radius 2 is 1.70 bits per heavy atom. The van der Waals surface area contributed by atoms with E-state index in [9.17, 15) is 4.79 Å². The van der Waals surface area contributed by atoms with Crippen LogP contribution in [0.1, 0.15) is 39.0 Å². The first-order valence-electron chi connectivity index (χ1n) is 8.98. The Bertz CT molecular complexity index is 491. The molecule has 126 valence electrons. The summed E-state index contributed by atoms with van der Waals surface area (Å²) in [4.78, 5) is 17.1. The van der Waals surface area contributed by atoms with Crippen molar-refractivity contribution >= 4 is 5.91 Å². The average molecular weight is 316 g/mol. The van der Waals surface area contributed by atoms with Crippen molar-refractivity contribution in [3.05, 3.63) is 30.3 Å². The predicted octanol–water partition coefficient (Wildman–Crippen LogP) is 2.93. The Balaban J connectivity index is 1.47. The summed E-state index contributed by atoms with van der Waals surface area (Å²) in [6, 6.07) is 10.3. The summed E-state index contributed by atoms with van der Waals surface area (Å²) < 4.78 is 5.77. The zero-order chi connectivity index (χ0) is 16.1. The Labute approximate surface area is 139 Å². The van der Waals surface area contributed by atoms with Crippen molar-refractivity contribution in [3.8, 4) is 5.75 Å². The summed E-state index contributed by atoms with van der Waals surface area (Å²) in [6.45, 7) is 5.53. The van der Waals surface area contributed by atoms with Gasteiger partial charge in [0, 0.05) is 32.2 Å². The minimum absolute atomic E-state index is 0.108. The van der Waals surface area contributed by atoms with Gasteiger partial charge < -0.3 is 9.64 Å². The number of para-hydroxylation sites is 1. The van der Waals surface area contributed by atoms with Gasteiger partial charge in [0.05, 0.1) is 0 Å². The molecule has 0 spiro atoms. The molecule has 2 aliphatic rings. The fourth-order valence-corrected chi connectivity index (χ4v) is 3.76. The minimum Gasteiger partial charge on any atom is -0.481 e. The van der Waals surface area contributed by atoms with Gasteiger partial charge in [0.15, 0.2) is 6.10 Å². The van der Waals surface area contributed by atoms with Gasteiger partial charge >= 0.3 is 0 Å². The number of carbonyl (C=O) groups excluding carboxylic acids is 1. The van der Waals surface area contributed by atoms with Gasteiger partial charge in [0.25, 0.3) is 5.91 Å². The molecule has 1 saturated carbocycles. The molecule has 1 aliphatic carbocycles. The highest BCUT2D eigenvalue weighted by molar-refractivity contribution is 5.81. The molecule has 0 N–H and O–H groups in total. The molecule has 1 amide bonds. The maximum atomic E-state index is 12.6. The van der Waals surface area contributed by atoms with Gasteiger partial charge in [-0.3, -0.25) is 9.69 Å². The lowest BCUT2D eigenvalue weighted by atomic mass is 9.94. The maximum Gasteiger partial charge on any atom is 0.263 e. The van der Waals surface area contributed by atoms with E-state index in [0.717, 1.165) is 38.0 Å². The monoisotopic (exact) mass is 316 g/mol. The molecule has 0 aromatic heterocycles. The van der Waals surface area contributed by atoms with Gasteiger partial charge in [0.2, 0.25) is 0 Å². The molecule has 4 heteroatoms. The van der Waals surface area contributed by atoms with Crippen molar-refractivity contribution in [1.29, 1.82) is 0 Å². The van der Waals surface area contributed by atoms with E-state index in [1.54, 1.807) is 0 Å². The van der Waals surface area contributed by atoms with Crippen LogP contribution in [-0.4, -0.2) is 54.0 Å². The summed E-state index contributed by atoms with van der Waals surface area (Å²) in [5, 5.41) is 0. The van der Waals surface area contributed by atoms with Crippen molar-refractivity contribution in [2.75, 3.05) is 26.2 Å². The van der Waals surface area contributed by atoms with Crippen LogP contribution < -0.4 is 4.74 Å². The van der Waals surface area contributed by atoms with E-state index < -0.39 is 6.10 Å². The standard InChI is InChI=1S/C19H28N2O2/c1-16(23-18-10-6-3-7-11-18)19(22)21-14-12-20(13-15-21)17-8-4-2-5-9-17/h3,6-7,10-11,16-17H,2,4-5,8-9,12-15H2,1H3. The van der Waals surface area contributed by atoms with Crippen LogP contribution in [0.3, 0.4) is 0 Å². The second-order valence-electron chi connectivity index (χ2n) is 6.73. The van der Waals surface area contributed by atoms with Crippen molar-refractivity contribution in [2.24, 2.45) is 0 Å². The number of hydrogen-bond acceptors (Lipinski definition) is 3. The Hall–Kier alpha value is -1.55. The van der Waals surface area contributed by atoms with E-state index in [2.05, 4.69) is 4.90 Å². The Morgan fingerprint density at radius 3 is 2.35 bits per heavy atom. The zero-order valence-corrected chi connectivity index (χ0v) is 14.1. The van der Waals surface area contributed by atoms with Crippen molar-refractivity contribution in [3.63, 3.8) is 0 Å². The van der Waals surface area contributed by atoms with Gasteiger partial charge in [-0.15, -0.1) is 0 Å². The molecule has 4 nitrogen and oxygen atoms in total. The summed E-state index contributed by atoms with van der Waals surface area (Å²) in [5.74, 6) is 0.867. The molecule has 1 heterocycles. The maximum absolute atomic E-state index is 12.6. The number of nitrogens with zero attached hydrogens (tertiary/aromatic N) is 2. The molecular weight excluding hydrogens is 288 g/mol. The second kappa shape index (κ2) is 7.82. The number of benzene rings is 1. The third kappa shape index (κ3) is 4.25. The Morgan fingerprint density at radius 1 is 1.04 bits per heavy atom. The highest BCUT2D eigenvalue weighted by atomic mass is 16.5. The Kier molecular flexibility index (Phi) is 5.55. The van der Waals surface area contributed by atoms with Gasteiger partial charge in [-0.1, -0.05) is 37.5 Å². The zero-order valence-electron chi connectivity index (χ0n) is 14.1. The quantitative estimate of drug-likeness (QED) is 0.856. The van der Waals surface area contributed by atoms with E-state index in [1.807, 2.05) is 42.2 Å². The van der Waals surface area contributed by atoms with E-state index in [-0.39, 0.29) is 5.91 Å². The van der Waals surface area contributed by atoms with Crippen LogP contribution >= 0.6 is 0 Å². The molecule has 1 aromatic carbocycles. The predicted molar refractivity (Wildman–Crippen MR) is 91.6 cm³/mol. The summed E-state index contributed by atoms with van der Waals surface area (Å²) >= 11 is 0. The SMILES string of the molecule is CC(Oc1ccccc1)C(=O)N1CCN(C2CCCCC2)CC1. The number of hydrogen-bond donors (Lipinski definition) is 0. The molecule has 0 bridgehead atoms. The van der Waals surface area contributed by atoms with Gasteiger partial charge in [-0.25, -0.2) is 0 Å². The molecule has 1 saturated heterocycles. The molecule has 3 rings (SSSR count). The third-order valence-electron chi connectivity index (χ3n) is 5.12. The van der Waals surface area contributed by atoms with Crippen LogP contribution in [-0.2, 0) is 4.79 Å². The molecule has 1 aliphatic heterocycles. The summed E-state index contributed by atoms with van der Waals surface area (Å²) in [7, 11) is 0. The first-order valence-corrected chi connectivity index (χ1v) is 8.98. The van der Waals surface area contributed by atoms with Gasteiger partial charge in [-0.2, -0.15) is 0 Å². The summed E-state index contributed by atoms with van der Waals surface area (Å²) in [5.41, 5.74) is 0. The first-order chi connectivity index (χ1) is 11.2. The number of amides is 1. The first kappa shape index (κ1) is 16.3. The van der Waals surface area contributed by atoms with Gasteiger partial charge in [0.1, 0.15) is 5.75 Å². The van der Waals surface area contributed by atoms with Gasteiger partial charge in [-0.05, 0) is 31.9 Å². The fraction of sp³-hybridized carbons (Fsp3) is 0.632. The molecule has 1 unspecified atom stereocenters. The second-order valence-corrected chi connectivity index (χ2v) is 6.73. The van der Waals surface area contributed by atoms with Crippen LogP contribution in [0.4, 0.5) is 0 Å². The smallest absolute Gasteiger partial charge is 0.263 e. The largest absolute Gasteiger partial charge is 0.481 e. The number of piperazine rings is 1. The topological polar surface area (TPSA) is 32.8 Å². The van der Waals surface area contributed by atoms with E-state index in [1.165, 1.54) is 32.1 Å². The average Bonchev–Trinajstić information content (AvgIpc) is 2.63. The van der Waals surface area contributed by atoms with Crippen molar-refractivity contribution < 1.29 is 9.53 Å². The number of rotatable bonds is 4. The van der Waals surface area contributed by atoms with E-state index >= 15 is 0 Å². The van der Waals surface area contributed by atoms with Crippen LogP contribution in [0.2, 0.25) is 0 Å². The third-order valence-corrected chi connectivity index (χ3v) is 5.12. The van der Waals surface area contributed by atoms with Crippen molar-refractivity contribution in [1.82, 2.24) is 9.80 Å². The lowest BCUT2D eigenvalue weighted by molar-refractivity contribution is -0.140. The highest BCUT2D eigenvalue weighted by Gasteiger charge is 2.29. The lowest BCUT2D eigenvalue weighted by Gasteiger charge is -2.41. The fourth-order valence-electron chi connectivity index (χ4n) is 3.76. The highest BCUT2D eigenvalue weighted by Crippen LogP contribution is 2.23. The lowest BCUT2D eigenvalue weighted by Crippen LogP contribution is -2.54. The van der Waals surface area contributed by atoms with E-state index in [0.29, 0.717) is 0 Å². The molecular formula is C19H28N2O2. The van der Waals surface area contributed by atoms with Crippen LogP contribution in [0.25, 0.3) is 0 Å². The number of ether oxygens (including phenoxy) is 1. The van der Waals surface area contributed by atoms with E-state index in [4.69, 9.17) is 4.74 Å².